The number of aliphatic carboxylic acids is 1. The Morgan fingerprint density at radius 2 is 1.75 bits per heavy atom. The number of hydrogen-bond donors (Lipinski definition) is 2. The van der Waals surface area contributed by atoms with Crippen molar-refractivity contribution >= 4 is 42.9 Å². The third kappa shape index (κ3) is 3.47. The second-order valence-electron chi connectivity index (χ2n) is 8.31. The summed E-state index contributed by atoms with van der Waals surface area (Å²) in [7, 11) is -3.97. The van der Waals surface area contributed by atoms with Crippen LogP contribution in [0.15, 0.2) is 54.6 Å². The monoisotopic (exact) mass is 472 g/mol. The highest BCUT2D eigenvalue weighted by atomic mass is 32.2. The van der Waals surface area contributed by atoms with Crippen molar-refractivity contribution in [1.29, 1.82) is 0 Å². The van der Waals surface area contributed by atoms with E-state index in [1.54, 1.807) is 18.3 Å². The quantitative estimate of drug-likeness (QED) is 0.572. The van der Waals surface area contributed by atoms with Gasteiger partial charge in [0.05, 0.1) is 10.2 Å². The third-order valence-corrected chi connectivity index (χ3v) is 9.28. The maximum Gasteiger partial charge on any atom is 0.325 e. The van der Waals surface area contributed by atoms with E-state index in [9.17, 15) is 18.3 Å². The minimum Gasteiger partial charge on any atom is -0.480 e. The van der Waals surface area contributed by atoms with Crippen LogP contribution in [-0.4, -0.2) is 60.5 Å². The van der Waals surface area contributed by atoms with Gasteiger partial charge in [-0.15, -0.1) is 0 Å². The van der Waals surface area contributed by atoms with Gasteiger partial charge in [-0.1, -0.05) is 60.7 Å². The largest absolute Gasteiger partial charge is 0.480 e. The van der Waals surface area contributed by atoms with Gasteiger partial charge in [-0.25, -0.2) is 4.98 Å². The van der Waals surface area contributed by atoms with Gasteiger partial charge in [0, 0.05) is 32.1 Å². The van der Waals surface area contributed by atoms with E-state index in [0.717, 1.165) is 20.9 Å². The number of para-hydroxylation sites is 1. The van der Waals surface area contributed by atoms with Crippen LogP contribution in [0.3, 0.4) is 0 Å². The van der Waals surface area contributed by atoms with Crippen LogP contribution in [0.4, 0.5) is 5.13 Å². The standard InChI is InChI=1S/C22H24N4O4S2/c1-15-19(16-7-3-2-4-8-16)22(15,20(27)28)24-32(29,30)26-13-11-25(12-14-26)21-23-17-9-5-6-10-18(17)31-21/h2-10,15,19,24H,11-14H2,1H3,(H,27,28)/t15?,19-,22+/m1/s1. The predicted octanol–water partition coefficient (Wildman–Crippen LogP) is 2.51. The molecule has 3 aromatic rings. The molecule has 1 aliphatic carbocycles. The average molecular weight is 473 g/mol. The van der Waals surface area contributed by atoms with E-state index >= 15 is 0 Å². The van der Waals surface area contributed by atoms with Gasteiger partial charge in [-0.05, 0) is 23.6 Å². The number of nitrogens with zero attached hydrogens (tertiary/aromatic N) is 3. The minimum absolute atomic E-state index is 0.269. The summed E-state index contributed by atoms with van der Waals surface area (Å²) < 4.78 is 31.3. The van der Waals surface area contributed by atoms with Crippen molar-refractivity contribution in [3.63, 3.8) is 0 Å². The minimum atomic E-state index is -3.97. The van der Waals surface area contributed by atoms with E-state index in [1.165, 1.54) is 4.31 Å². The first-order valence-corrected chi connectivity index (χ1v) is 12.8. The Bertz CT molecular complexity index is 1220. The van der Waals surface area contributed by atoms with Crippen LogP contribution in [0, 0.1) is 5.92 Å². The SMILES string of the molecule is CC1[C@H](c2ccccc2)[C@]1(NS(=O)(=O)N1CCN(c2nc3ccccc3s2)CC1)C(=O)O. The molecule has 1 aromatic heterocycles. The summed E-state index contributed by atoms with van der Waals surface area (Å²) in [5.41, 5.74) is 0.234. The summed E-state index contributed by atoms with van der Waals surface area (Å²) in [5, 5.41) is 10.8. The first-order valence-electron chi connectivity index (χ1n) is 10.5. The summed E-state index contributed by atoms with van der Waals surface area (Å²) in [6.07, 6.45) is 0. The number of hydrogen-bond acceptors (Lipinski definition) is 6. The van der Waals surface area contributed by atoms with Crippen molar-refractivity contribution < 1.29 is 18.3 Å². The van der Waals surface area contributed by atoms with Gasteiger partial charge in [0.2, 0.25) is 0 Å². The molecule has 8 nitrogen and oxygen atoms in total. The normalized spacial score (nSPS) is 26.3. The zero-order valence-electron chi connectivity index (χ0n) is 17.5. The molecule has 2 heterocycles. The van der Waals surface area contributed by atoms with Crippen molar-refractivity contribution in [1.82, 2.24) is 14.0 Å². The number of rotatable bonds is 6. The summed E-state index contributed by atoms with van der Waals surface area (Å²) in [6.45, 7) is 3.31. The van der Waals surface area contributed by atoms with Gasteiger partial charge < -0.3 is 10.0 Å². The molecule has 2 N–H and O–H groups in total. The molecule has 3 atom stereocenters. The van der Waals surface area contributed by atoms with Crippen LogP contribution < -0.4 is 9.62 Å². The Kier molecular flexibility index (Phi) is 5.20. The first kappa shape index (κ1) is 21.3. The zero-order chi connectivity index (χ0) is 22.5. The number of carboxylic acid groups (broad SMARTS) is 1. The molecule has 2 aliphatic rings. The molecule has 32 heavy (non-hydrogen) atoms. The molecule has 2 aromatic carbocycles. The lowest BCUT2D eigenvalue weighted by molar-refractivity contribution is -0.140. The summed E-state index contributed by atoms with van der Waals surface area (Å²) in [4.78, 5) is 18.9. The highest BCUT2D eigenvalue weighted by Crippen LogP contribution is 2.57. The third-order valence-electron chi connectivity index (χ3n) is 6.54. The van der Waals surface area contributed by atoms with Crippen LogP contribution >= 0.6 is 11.3 Å². The number of carbonyl (C=O) groups is 1. The van der Waals surface area contributed by atoms with Crippen LogP contribution in [0.25, 0.3) is 10.2 Å². The van der Waals surface area contributed by atoms with E-state index in [1.807, 2.05) is 54.6 Å². The predicted molar refractivity (Wildman–Crippen MR) is 124 cm³/mol. The van der Waals surface area contributed by atoms with Gasteiger partial charge in [0.15, 0.2) is 5.13 Å². The summed E-state index contributed by atoms with van der Waals surface area (Å²) in [6, 6.07) is 17.1. The van der Waals surface area contributed by atoms with E-state index in [4.69, 9.17) is 0 Å². The van der Waals surface area contributed by atoms with E-state index in [0.29, 0.717) is 13.1 Å². The molecule has 0 radical (unpaired) electrons. The van der Waals surface area contributed by atoms with Gasteiger partial charge in [-0.2, -0.15) is 17.4 Å². The number of piperazine rings is 1. The molecule has 1 saturated heterocycles. The van der Waals surface area contributed by atoms with Crippen LogP contribution in [0.5, 0.6) is 0 Å². The fourth-order valence-corrected chi connectivity index (χ4v) is 7.31. The number of aromatic nitrogens is 1. The molecule has 5 rings (SSSR count). The lowest BCUT2D eigenvalue weighted by Gasteiger charge is -2.34. The molecule has 0 spiro atoms. The average Bonchev–Trinajstić information content (AvgIpc) is 3.16. The highest BCUT2D eigenvalue weighted by Gasteiger charge is 2.70. The molecule has 0 amide bonds. The molecule has 1 aliphatic heterocycles. The molecule has 2 fully saturated rings. The van der Waals surface area contributed by atoms with E-state index in [-0.39, 0.29) is 19.0 Å². The summed E-state index contributed by atoms with van der Waals surface area (Å²) >= 11 is 1.59. The van der Waals surface area contributed by atoms with Gasteiger partial charge >= 0.3 is 5.97 Å². The Morgan fingerprint density at radius 3 is 2.41 bits per heavy atom. The number of nitrogens with one attached hydrogen (secondary N) is 1. The molecule has 1 unspecified atom stereocenters. The lowest BCUT2D eigenvalue weighted by atomic mass is 10.1. The molecular formula is C22H24N4O4S2. The van der Waals surface area contributed by atoms with E-state index in [2.05, 4.69) is 14.6 Å². The molecular weight excluding hydrogens is 448 g/mol. The number of fused-ring (bicyclic) bond motifs is 1. The lowest BCUT2D eigenvalue weighted by Crippen LogP contribution is -2.56. The van der Waals surface area contributed by atoms with Crippen LogP contribution in [0.2, 0.25) is 0 Å². The fraction of sp³-hybridized carbons (Fsp3) is 0.364. The maximum atomic E-state index is 13.2. The summed E-state index contributed by atoms with van der Waals surface area (Å²) in [5.74, 6) is -1.89. The second-order valence-corrected chi connectivity index (χ2v) is 11.0. The van der Waals surface area contributed by atoms with Crippen molar-refractivity contribution in [3.8, 4) is 0 Å². The van der Waals surface area contributed by atoms with Crippen molar-refractivity contribution in [2.45, 2.75) is 18.4 Å². The van der Waals surface area contributed by atoms with Crippen LogP contribution in [0.1, 0.15) is 18.4 Å². The first-order chi connectivity index (χ1) is 15.3. The second kappa shape index (κ2) is 7.80. The van der Waals surface area contributed by atoms with Gasteiger partial charge in [0.25, 0.3) is 10.2 Å². The fourth-order valence-electron chi connectivity index (χ4n) is 4.69. The molecule has 1 saturated carbocycles. The molecule has 10 heteroatoms. The van der Waals surface area contributed by atoms with Crippen LogP contribution in [-0.2, 0) is 15.0 Å². The van der Waals surface area contributed by atoms with E-state index < -0.39 is 27.6 Å². The Hall–Kier alpha value is -2.53. The highest BCUT2D eigenvalue weighted by molar-refractivity contribution is 7.87. The maximum absolute atomic E-state index is 13.2. The Morgan fingerprint density at radius 1 is 1.09 bits per heavy atom. The number of anilines is 1. The van der Waals surface area contributed by atoms with Crippen molar-refractivity contribution in [2.75, 3.05) is 31.1 Å². The zero-order valence-corrected chi connectivity index (χ0v) is 19.1. The molecule has 168 valence electrons. The molecule has 0 bridgehead atoms. The van der Waals surface area contributed by atoms with Crippen molar-refractivity contribution in [3.05, 3.63) is 60.2 Å². The topological polar surface area (TPSA) is 103 Å². The van der Waals surface area contributed by atoms with Crippen molar-refractivity contribution in [2.24, 2.45) is 5.92 Å². The number of carboxylic acids is 1. The number of benzene rings is 2. The number of thiazole rings is 1. The Labute approximate surface area is 190 Å². The van der Waals surface area contributed by atoms with Gasteiger partial charge in [-0.3, -0.25) is 4.79 Å². The van der Waals surface area contributed by atoms with Gasteiger partial charge in [0.1, 0.15) is 5.54 Å². The smallest absolute Gasteiger partial charge is 0.325 e. The Balaban J connectivity index is 1.30.